The highest BCUT2D eigenvalue weighted by molar-refractivity contribution is 5.85. The first-order valence-electron chi connectivity index (χ1n) is 18.6. The number of benzene rings is 1. The molecule has 1 saturated heterocycles. The lowest BCUT2D eigenvalue weighted by molar-refractivity contribution is -0.124. The van der Waals surface area contributed by atoms with Gasteiger partial charge in [0.05, 0.1) is 25.1 Å². The molecule has 7 N–H and O–H groups in total. The molecule has 0 aromatic heterocycles. The van der Waals surface area contributed by atoms with Crippen molar-refractivity contribution < 1.29 is 29.6 Å². The number of nitrogens with one attached hydrogen (secondary N) is 2. The number of aliphatic hydroxyl groups is 2. The number of hydrogen-bond donors (Lipinski definition) is 6. The molecule has 0 bridgehead atoms. The number of methoxy groups -OCH3 is 1. The largest absolute Gasteiger partial charge is 0.504 e. The zero-order valence-electron chi connectivity index (χ0n) is 29.4. The number of unbranched alkanes of at least 4 members (excludes halogenated alkanes) is 1. The van der Waals surface area contributed by atoms with E-state index in [0.29, 0.717) is 80.2 Å². The summed E-state index contributed by atoms with van der Waals surface area (Å²) in [6.07, 6.45) is 11.5. The maximum Gasteiger partial charge on any atom is 0.160 e. The normalized spacial score (nSPS) is 26.9. The molecule has 2 aliphatic carbocycles. The minimum atomic E-state index is -0.847. The Morgan fingerprint density at radius 1 is 1.06 bits per heavy atom. The summed E-state index contributed by atoms with van der Waals surface area (Å²) in [5.41, 5.74) is 10.2. The number of rotatable bonds is 14. The van der Waals surface area contributed by atoms with Gasteiger partial charge in [-0.25, -0.2) is 0 Å². The fraction of sp³-hybridized carbons (Fsp3) is 0.650. The third kappa shape index (κ3) is 9.90. The van der Waals surface area contributed by atoms with Crippen LogP contribution in [-0.2, 0) is 16.0 Å². The number of aryl methyl sites for hydroxylation is 1. The van der Waals surface area contributed by atoms with E-state index in [4.69, 9.17) is 10.5 Å². The third-order valence-corrected chi connectivity index (χ3v) is 11.3. The number of carbonyl (C=O) groups excluding carboxylic acids is 2. The highest BCUT2D eigenvalue weighted by Gasteiger charge is 2.34. The van der Waals surface area contributed by atoms with Crippen LogP contribution in [0.4, 0.5) is 0 Å². The quantitative estimate of drug-likeness (QED) is 0.119. The summed E-state index contributed by atoms with van der Waals surface area (Å²) < 4.78 is 5.39. The van der Waals surface area contributed by atoms with Crippen molar-refractivity contribution in [2.75, 3.05) is 20.2 Å². The Morgan fingerprint density at radius 3 is 2.69 bits per heavy atom. The van der Waals surface area contributed by atoms with Crippen molar-refractivity contribution >= 4 is 11.6 Å². The van der Waals surface area contributed by atoms with Gasteiger partial charge < -0.3 is 36.4 Å². The summed E-state index contributed by atoms with van der Waals surface area (Å²) in [5.74, 6) is 7.93. The van der Waals surface area contributed by atoms with Gasteiger partial charge in [0.2, 0.25) is 0 Å². The van der Waals surface area contributed by atoms with Gasteiger partial charge in [-0.05, 0) is 123 Å². The average Bonchev–Trinajstić information content (AvgIpc) is 3.15. The molecular formula is C40H57N3O6. The topological polar surface area (TPSA) is 154 Å². The Morgan fingerprint density at radius 2 is 1.90 bits per heavy atom. The number of phenols is 1. The number of piperidine rings is 1. The monoisotopic (exact) mass is 675 g/mol. The first-order valence-corrected chi connectivity index (χ1v) is 18.6. The number of dihydropyridines is 1. The second kappa shape index (κ2) is 17.6. The standard InChI is InChI=1S/C40H57N3O6/c1-3-26-24-43-40(41)20-28(26)9-14-31(44)13-8-27-11-16-33(37(47)17-12-29-19-39(49-2)38(48)22-34(27)29)36(46)7-5-4-6-25-18-30-10-15-32(45)21-35(30)42-23-25/h19-20,22,25,27,30-31,33,35-36,42-44,46,48H,3-10,12-15,17-18,21,23-24,41H2,1-2H3. The summed E-state index contributed by atoms with van der Waals surface area (Å²) >= 11 is 0. The molecule has 9 heteroatoms. The van der Waals surface area contributed by atoms with E-state index in [2.05, 4.69) is 29.4 Å². The second-order valence-corrected chi connectivity index (χ2v) is 14.7. The lowest BCUT2D eigenvalue weighted by Crippen LogP contribution is -2.48. The zero-order valence-corrected chi connectivity index (χ0v) is 29.4. The number of aromatic hydroxyl groups is 1. The van der Waals surface area contributed by atoms with Gasteiger partial charge in [-0.2, -0.15) is 0 Å². The van der Waals surface area contributed by atoms with E-state index in [1.807, 2.05) is 6.08 Å². The number of allylic oxidation sites excluding steroid dienone is 2. The molecule has 0 radical (unpaired) electrons. The molecule has 0 spiro atoms. The molecule has 7 atom stereocenters. The summed E-state index contributed by atoms with van der Waals surface area (Å²) in [5, 5.41) is 39.8. The summed E-state index contributed by atoms with van der Waals surface area (Å²) in [6.45, 7) is 3.81. The Balaban J connectivity index is 1.21. The van der Waals surface area contributed by atoms with Crippen molar-refractivity contribution in [3.8, 4) is 23.3 Å². The molecule has 49 heavy (non-hydrogen) atoms. The summed E-state index contributed by atoms with van der Waals surface area (Å²) in [6, 6.07) is 3.83. The van der Waals surface area contributed by atoms with E-state index in [9.17, 15) is 24.9 Å². The molecule has 2 aliphatic heterocycles. The number of ketones is 2. The predicted octanol–water partition coefficient (Wildman–Crippen LogP) is 4.92. The number of carbonyl (C=O) groups is 2. The first-order chi connectivity index (χ1) is 23.6. The molecule has 1 saturated carbocycles. The van der Waals surface area contributed by atoms with Crippen LogP contribution in [-0.4, -0.2) is 65.3 Å². The maximum absolute atomic E-state index is 13.5. The fourth-order valence-corrected chi connectivity index (χ4v) is 8.31. The number of aliphatic hydroxyl groups excluding tert-OH is 2. The second-order valence-electron chi connectivity index (χ2n) is 14.7. The molecular weight excluding hydrogens is 618 g/mol. The Bertz CT molecular complexity index is 1460. The number of hydrogen-bond acceptors (Lipinski definition) is 9. The molecule has 268 valence electrons. The van der Waals surface area contributed by atoms with Crippen LogP contribution in [0.5, 0.6) is 11.5 Å². The van der Waals surface area contributed by atoms with Crippen molar-refractivity contribution in [2.45, 2.75) is 127 Å². The van der Waals surface area contributed by atoms with E-state index in [1.165, 1.54) is 18.3 Å². The number of fused-ring (bicyclic) bond motifs is 2. The van der Waals surface area contributed by atoms with Crippen LogP contribution < -0.4 is 21.1 Å². The van der Waals surface area contributed by atoms with Crippen molar-refractivity contribution in [3.05, 3.63) is 46.3 Å². The third-order valence-electron chi connectivity index (χ3n) is 11.3. The smallest absolute Gasteiger partial charge is 0.160 e. The maximum atomic E-state index is 13.5. The molecule has 4 aliphatic rings. The van der Waals surface area contributed by atoms with Crippen LogP contribution in [0.15, 0.2) is 35.2 Å². The molecule has 1 aromatic rings. The fourth-order valence-electron chi connectivity index (χ4n) is 8.31. The van der Waals surface area contributed by atoms with Gasteiger partial charge in [0.25, 0.3) is 0 Å². The minimum absolute atomic E-state index is 0.0192. The van der Waals surface area contributed by atoms with Crippen molar-refractivity contribution in [2.24, 2.45) is 23.5 Å². The molecule has 2 fully saturated rings. The van der Waals surface area contributed by atoms with Gasteiger partial charge in [-0.3, -0.25) is 9.59 Å². The molecule has 7 unspecified atom stereocenters. The van der Waals surface area contributed by atoms with Gasteiger partial charge >= 0.3 is 0 Å². The number of ether oxygens (including phenoxy) is 1. The first kappa shape index (κ1) is 36.9. The van der Waals surface area contributed by atoms with Crippen molar-refractivity contribution in [1.29, 1.82) is 0 Å². The Hall–Kier alpha value is -3.32. The average molecular weight is 676 g/mol. The summed E-state index contributed by atoms with van der Waals surface area (Å²) in [7, 11) is 1.51. The Labute approximate surface area is 292 Å². The van der Waals surface area contributed by atoms with E-state index in [-0.39, 0.29) is 23.9 Å². The highest BCUT2D eigenvalue weighted by atomic mass is 16.5. The van der Waals surface area contributed by atoms with Gasteiger partial charge in [0.15, 0.2) is 17.3 Å². The van der Waals surface area contributed by atoms with Crippen LogP contribution in [0.2, 0.25) is 0 Å². The van der Waals surface area contributed by atoms with Crippen LogP contribution in [0.1, 0.15) is 114 Å². The molecule has 9 nitrogen and oxygen atoms in total. The molecule has 1 aromatic carbocycles. The SMILES string of the molecule is CCC1=C(CCC(O)CCC2C#CC(C(O)CCCCC3CNC4CC(=O)CCC4C3)C(=O)CCc3cc(OC)c(O)cc32)C=C(N)NC1. The van der Waals surface area contributed by atoms with Crippen LogP contribution >= 0.6 is 0 Å². The van der Waals surface area contributed by atoms with E-state index >= 15 is 0 Å². The molecule has 5 rings (SSSR count). The van der Waals surface area contributed by atoms with Gasteiger partial charge in [0, 0.05) is 37.8 Å². The van der Waals surface area contributed by atoms with Gasteiger partial charge in [-0.1, -0.05) is 31.6 Å². The van der Waals surface area contributed by atoms with E-state index in [0.717, 1.165) is 69.2 Å². The predicted molar refractivity (Wildman–Crippen MR) is 191 cm³/mol. The minimum Gasteiger partial charge on any atom is -0.504 e. The van der Waals surface area contributed by atoms with Gasteiger partial charge in [0.1, 0.15) is 11.7 Å². The van der Waals surface area contributed by atoms with Gasteiger partial charge in [-0.15, -0.1) is 0 Å². The lowest BCUT2D eigenvalue weighted by atomic mass is 9.74. The van der Waals surface area contributed by atoms with Crippen LogP contribution in [0.25, 0.3) is 0 Å². The highest BCUT2D eigenvalue weighted by Crippen LogP contribution is 2.37. The molecule has 2 heterocycles. The zero-order chi connectivity index (χ0) is 34.9. The van der Waals surface area contributed by atoms with E-state index < -0.39 is 18.1 Å². The number of nitrogens with two attached hydrogens (primary N) is 1. The van der Waals surface area contributed by atoms with E-state index in [1.54, 1.807) is 12.1 Å². The Kier molecular flexibility index (Phi) is 13.2. The number of phenolic OH excluding ortho intramolecular Hbond substituents is 1. The number of Topliss-reactive ketones (excluding diaryl/α,β-unsaturated/α-hetero) is 2. The summed E-state index contributed by atoms with van der Waals surface area (Å²) in [4.78, 5) is 25.3. The van der Waals surface area contributed by atoms with Crippen LogP contribution in [0, 0.1) is 29.6 Å². The van der Waals surface area contributed by atoms with Crippen molar-refractivity contribution in [1.82, 2.24) is 10.6 Å². The van der Waals surface area contributed by atoms with Crippen LogP contribution in [0.3, 0.4) is 0 Å². The van der Waals surface area contributed by atoms with Crippen molar-refractivity contribution in [3.63, 3.8) is 0 Å². The lowest BCUT2D eigenvalue weighted by Gasteiger charge is -2.39. The molecule has 0 amide bonds.